The Kier molecular flexibility index (Phi) is 9.86. The van der Waals surface area contributed by atoms with E-state index in [1.54, 1.807) is 29.2 Å². The van der Waals surface area contributed by atoms with Gasteiger partial charge in [-0.05, 0) is 71.3 Å². The SMILES string of the molecule is COc1cc(C=O)cc(I)c1O[C@H]1C=C(C(=O)NCCO)C[C@@H](N(Cc2ccc(Cl)cc2)C(=O)C2CC2)[C@@H]1O. The Morgan fingerprint density at radius 2 is 1.95 bits per heavy atom. The number of ether oxygens (including phenoxy) is 2. The third-order valence-corrected chi connectivity index (χ3v) is 7.79. The number of aldehydes is 1. The summed E-state index contributed by atoms with van der Waals surface area (Å²) >= 11 is 8.07. The van der Waals surface area contributed by atoms with Gasteiger partial charge in [0.25, 0.3) is 0 Å². The molecule has 4 rings (SSSR count). The van der Waals surface area contributed by atoms with Crippen LogP contribution in [0.1, 0.15) is 35.2 Å². The first-order chi connectivity index (χ1) is 18.7. The van der Waals surface area contributed by atoms with Crippen molar-refractivity contribution < 1.29 is 34.1 Å². The summed E-state index contributed by atoms with van der Waals surface area (Å²) in [4.78, 5) is 39.5. The first-order valence-corrected chi connectivity index (χ1v) is 14.0. The quantitative estimate of drug-likeness (QED) is 0.248. The van der Waals surface area contributed by atoms with E-state index >= 15 is 0 Å². The lowest BCUT2D eigenvalue weighted by Crippen LogP contribution is -2.55. The Hall–Kier alpha value is -2.67. The highest BCUT2D eigenvalue weighted by molar-refractivity contribution is 14.1. The van der Waals surface area contributed by atoms with Gasteiger partial charge in [0.1, 0.15) is 18.5 Å². The summed E-state index contributed by atoms with van der Waals surface area (Å²) in [5.74, 6) is -0.0360. The predicted octanol–water partition coefficient (Wildman–Crippen LogP) is 3.12. The molecule has 2 aliphatic rings. The lowest BCUT2D eigenvalue weighted by Gasteiger charge is -2.41. The van der Waals surface area contributed by atoms with Gasteiger partial charge < -0.3 is 29.9 Å². The normalized spacial score (nSPS) is 20.5. The molecular weight excluding hydrogens is 639 g/mol. The Morgan fingerprint density at radius 1 is 1.23 bits per heavy atom. The van der Waals surface area contributed by atoms with Crippen LogP contribution in [0.3, 0.4) is 0 Å². The topological polar surface area (TPSA) is 125 Å². The van der Waals surface area contributed by atoms with E-state index in [1.165, 1.54) is 13.2 Å². The minimum absolute atomic E-state index is 0.0588. The molecule has 9 nitrogen and oxygen atoms in total. The van der Waals surface area contributed by atoms with Crippen LogP contribution >= 0.6 is 34.2 Å². The summed E-state index contributed by atoms with van der Waals surface area (Å²) in [6, 6.07) is 9.52. The van der Waals surface area contributed by atoms with Crippen LogP contribution in [0.15, 0.2) is 48.0 Å². The number of carbonyl (C=O) groups excluding carboxylic acids is 3. The molecule has 2 aromatic rings. The number of amides is 2. The molecule has 11 heteroatoms. The third-order valence-electron chi connectivity index (χ3n) is 6.73. The molecule has 39 heavy (non-hydrogen) atoms. The van der Waals surface area contributed by atoms with Crippen molar-refractivity contribution >= 4 is 52.3 Å². The van der Waals surface area contributed by atoms with Gasteiger partial charge in [0.05, 0.1) is 23.3 Å². The van der Waals surface area contributed by atoms with Gasteiger partial charge in [0.2, 0.25) is 11.8 Å². The molecule has 208 valence electrons. The second-order valence-corrected chi connectivity index (χ2v) is 11.1. The van der Waals surface area contributed by atoms with Gasteiger partial charge in [-0.1, -0.05) is 23.7 Å². The number of benzene rings is 2. The number of hydrogen-bond acceptors (Lipinski definition) is 7. The molecule has 2 amide bonds. The summed E-state index contributed by atoms with van der Waals surface area (Å²) in [6.45, 7) is 0.0526. The van der Waals surface area contributed by atoms with E-state index in [2.05, 4.69) is 5.32 Å². The minimum Gasteiger partial charge on any atom is -0.493 e. The number of rotatable bonds is 11. The highest BCUT2D eigenvalue weighted by Gasteiger charge is 2.44. The van der Waals surface area contributed by atoms with E-state index < -0.39 is 24.2 Å². The van der Waals surface area contributed by atoms with Crippen molar-refractivity contribution in [2.45, 2.75) is 44.1 Å². The maximum absolute atomic E-state index is 13.5. The molecule has 3 N–H and O–H groups in total. The zero-order chi connectivity index (χ0) is 28.1. The number of methoxy groups -OCH3 is 1. The number of carbonyl (C=O) groups is 3. The van der Waals surface area contributed by atoms with Crippen molar-refractivity contribution in [1.82, 2.24) is 10.2 Å². The fourth-order valence-electron chi connectivity index (χ4n) is 4.55. The summed E-state index contributed by atoms with van der Waals surface area (Å²) in [7, 11) is 1.44. The average Bonchev–Trinajstić information content (AvgIpc) is 3.78. The molecule has 0 unspecified atom stereocenters. The Morgan fingerprint density at radius 3 is 2.56 bits per heavy atom. The number of halogens is 2. The maximum Gasteiger partial charge on any atom is 0.247 e. The molecule has 1 fully saturated rings. The van der Waals surface area contributed by atoms with Crippen molar-refractivity contribution in [3.8, 4) is 11.5 Å². The number of aliphatic hydroxyl groups is 2. The smallest absolute Gasteiger partial charge is 0.247 e. The zero-order valence-corrected chi connectivity index (χ0v) is 24.2. The Balaban J connectivity index is 1.71. The van der Waals surface area contributed by atoms with Gasteiger partial charge in [-0.15, -0.1) is 0 Å². The van der Waals surface area contributed by atoms with Crippen molar-refractivity contribution in [3.63, 3.8) is 0 Å². The lowest BCUT2D eigenvalue weighted by atomic mass is 9.87. The van der Waals surface area contributed by atoms with Crippen LogP contribution < -0.4 is 14.8 Å². The average molecular weight is 669 g/mol. The molecule has 0 aromatic heterocycles. The van der Waals surface area contributed by atoms with E-state index in [0.717, 1.165) is 18.4 Å². The summed E-state index contributed by atoms with van der Waals surface area (Å²) in [5, 5.41) is 24.0. The standard InChI is InChI=1S/C28H30ClIN2O7/c1-38-24-11-17(15-34)10-21(30)26(24)39-23-13-19(27(36)31-8-9-33)12-22(25(23)35)32(28(37)18-4-5-18)14-16-2-6-20(29)7-3-16/h2-3,6-7,10-11,13,15,18,22-23,25,33,35H,4-5,8-9,12,14H2,1H3,(H,31,36)/t22-,23+,25+/m1/s1. The van der Waals surface area contributed by atoms with E-state index in [9.17, 15) is 24.6 Å². The third kappa shape index (κ3) is 7.10. The Bertz CT molecular complexity index is 1250. The van der Waals surface area contributed by atoms with Crippen LogP contribution in [0.5, 0.6) is 11.5 Å². The van der Waals surface area contributed by atoms with Gasteiger partial charge in [-0.3, -0.25) is 14.4 Å². The van der Waals surface area contributed by atoms with Crippen LogP contribution in [0.2, 0.25) is 5.02 Å². The molecule has 0 spiro atoms. The van der Waals surface area contributed by atoms with Crippen molar-refractivity contribution in [2.75, 3.05) is 20.3 Å². The zero-order valence-electron chi connectivity index (χ0n) is 21.3. The van der Waals surface area contributed by atoms with Gasteiger partial charge in [-0.2, -0.15) is 0 Å². The molecule has 0 radical (unpaired) electrons. The number of aliphatic hydroxyl groups excluding tert-OH is 2. The summed E-state index contributed by atoms with van der Waals surface area (Å²) < 4.78 is 12.3. The van der Waals surface area contributed by atoms with Gasteiger partial charge in [0.15, 0.2) is 11.5 Å². The summed E-state index contributed by atoms with van der Waals surface area (Å²) in [5.41, 5.74) is 1.56. The molecule has 2 aliphatic carbocycles. The van der Waals surface area contributed by atoms with E-state index in [4.69, 9.17) is 21.1 Å². The number of nitrogens with zero attached hydrogens (tertiary/aromatic N) is 1. The van der Waals surface area contributed by atoms with Crippen LogP contribution in [-0.2, 0) is 16.1 Å². The fourth-order valence-corrected chi connectivity index (χ4v) is 5.43. The second kappa shape index (κ2) is 13.1. The molecule has 0 saturated heterocycles. The van der Waals surface area contributed by atoms with Gasteiger partial charge in [0, 0.05) is 41.6 Å². The van der Waals surface area contributed by atoms with E-state index in [0.29, 0.717) is 37.5 Å². The monoisotopic (exact) mass is 668 g/mol. The first kappa shape index (κ1) is 29.3. The number of hydrogen-bond donors (Lipinski definition) is 3. The minimum atomic E-state index is -1.18. The molecule has 2 aromatic carbocycles. The Labute approximate surface area is 245 Å². The van der Waals surface area contributed by atoms with Crippen LogP contribution in [0, 0.1) is 9.49 Å². The summed E-state index contributed by atoms with van der Waals surface area (Å²) in [6.07, 6.45) is 1.69. The van der Waals surface area contributed by atoms with Gasteiger partial charge in [-0.25, -0.2) is 0 Å². The van der Waals surface area contributed by atoms with Crippen molar-refractivity contribution in [2.24, 2.45) is 5.92 Å². The van der Waals surface area contributed by atoms with Crippen molar-refractivity contribution in [1.29, 1.82) is 0 Å². The van der Waals surface area contributed by atoms with Crippen LogP contribution in [0.25, 0.3) is 0 Å². The first-order valence-electron chi connectivity index (χ1n) is 12.6. The van der Waals surface area contributed by atoms with Gasteiger partial charge >= 0.3 is 0 Å². The number of nitrogens with one attached hydrogen (secondary N) is 1. The highest BCUT2D eigenvalue weighted by atomic mass is 127. The molecule has 0 aliphatic heterocycles. The predicted molar refractivity (Wildman–Crippen MR) is 153 cm³/mol. The largest absolute Gasteiger partial charge is 0.493 e. The molecule has 3 atom stereocenters. The van der Waals surface area contributed by atoms with Crippen LogP contribution in [-0.4, -0.2) is 71.7 Å². The molecule has 1 saturated carbocycles. The lowest BCUT2D eigenvalue weighted by molar-refractivity contribution is -0.140. The fraction of sp³-hybridized carbons (Fsp3) is 0.393. The van der Waals surface area contributed by atoms with Crippen LogP contribution in [0.4, 0.5) is 0 Å². The molecule has 0 bridgehead atoms. The van der Waals surface area contributed by atoms with E-state index in [1.807, 2.05) is 34.7 Å². The van der Waals surface area contributed by atoms with E-state index in [-0.39, 0.29) is 37.9 Å². The van der Waals surface area contributed by atoms with Crippen molar-refractivity contribution in [3.05, 3.63) is 67.8 Å². The molecular formula is C28H30ClIN2O7. The maximum atomic E-state index is 13.5. The molecule has 0 heterocycles. The highest BCUT2D eigenvalue weighted by Crippen LogP contribution is 2.38. The second-order valence-electron chi connectivity index (χ2n) is 9.53.